The van der Waals surface area contributed by atoms with E-state index in [0.717, 1.165) is 5.56 Å². The molecule has 0 atom stereocenters. The molecule has 0 amide bonds. The maximum absolute atomic E-state index is 10.5. The summed E-state index contributed by atoms with van der Waals surface area (Å²) < 4.78 is 4.67. The molecule has 0 aliphatic heterocycles. The second kappa shape index (κ2) is 4.78. The summed E-state index contributed by atoms with van der Waals surface area (Å²) in [7, 11) is 0.571. The Labute approximate surface area is 82.3 Å². The number of carbonyl (C=O) groups is 1. The Morgan fingerprint density at radius 1 is 1.43 bits per heavy atom. The predicted octanol–water partition coefficient (Wildman–Crippen LogP) is 0.593. The van der Waals surface area contributed by atoms with Gasteiger partial charge in [-0.25, -0.2) is 4.79 Å². The quantitative estimate of drug-likeness (QED) is 0.688. The van der Waals surface area contributed by atoms with Crippen molar-refractivity contribution in [2.45, 2.75) is 6.32 Å². The summed E-state index contributed by atoms with van der Waals surface area (Å²) in [5.41, 5.74) is 1.07. The normalized spacial score (nSPS) is 9.86. The molecule has 1 rings (SSSR count). The van der Waals surface area contributed by atoms with E-state index in [-0.39, 0.29) is 5.56 Å². The number of benzene rings is 1. The lowest BCUT2D eigenvalue weighted by Gasteiger charge is -2.03. The van der Waals surface area contributed by atoms with Gasteiger partial charge in [0.05, 0.1) is 5.56 Å². The van der Waals surface area contributed by atoms with E-state index in [2.05, 4.69) is 4.65 Å². The fourth-order valence-corrected chi connectivity index (χ4v) is 1.07. The third kappa shape index (κ3) is 2.87. The van der Waals surface area contributed by atoms with Crippen LogP contribution >= 0.6 is 0 Å². The van der Waals surface area contributed by atoms with Crippen molar-refractivity contribution in [2.24, 2.45) is 0 Å². The minimum Gasteiger partial charge on any atom is -0.478 e. The highest BCUT2D eigenvalue weighted by Crippen LogP contribution is 2.06. The van der Waals surface area contributed by atoms with Crippen molar-refractivity contribution >= 4 is 13.1 Å². The van der Waals surface area contributed by atoms with Crippen LogP contribution in [0.4, 0.5) is 0 Å². The van der Waals surface area contributed by atoms with Gasteiger partial charge in [-0.05, 0) is 17.7 Å². The Balaban J connectivity index is 2.68. The lowest BCUT2D eigenvalue weighted by molar-refractivity contribution is 0.0697. The summed E-state index contributed by atoms with van der Waals surface area (Å²) in [5, 5.41) is 17.8. The lowest BCUT2D eigenvalue weighted by atomic mass is 9.81. The summed E-state index contributed by atoms with van der Waals surface area (Å²) >= 11 is 0. The van der Waals surface area contributed by atoms with Crippen molar-refractivity contribution in [3.63, 3.8) is 0 Å². The standard InChI is InChI=1S/C9H11BO4/c1-14-10(13)6-7-2-4-8(5-3-7)9(11)12/h2-5,13H,6H2,1H3,(H,11,12). The predicted molar refractivity (Wildman–Crippen MR) is 52.1 cm³/mol. The Morgan fingerprint density at radius 2 is 2.00 bits per heavy atom. The van der Waals surface area contributed by atoms with Crippen LogP contribution in [-0.4, -0.2) is 30.3 Å². The van der Waals surface area contributed by atoms with Gasteiger partial charge in [0.1, 0.15) is 0 Å². The van der Waals surface area contributed by atoms with Crippen molar-refractivity contribution in [3.8, 4) is 0 Å². The SMILES string of the molecule is COB(O)Cc1ccc(C(=O)O)cc1. The molecule has 0 aromatic heterocycles. The van der Waals surface area contributed by atoms with Gasteiger partial charge < -0.3 is 14.8 Å². The van der Waals surface area contributed by atoms with Crippen LogP contribution in [0.2, 0.25) is 0 Å². The maximum Gasteiger partial charge on any atom is 0.458 e. The van der Waals surface area contributed by atoms with E-state index in [4.69, 9.17) is 10.1 Å². The highest BCUT2D eigenvalue weighted by atomic mass is 16.5. The second-order valence-corrected chi connectivity index (χ2v) is 2.90. The van der Waals surface area contributed by atoms with E-state index in [0.29, 0.717) is 6.32 Å². The van der Waals surface area contributed by atoms with Gasteiger partial charge in [0.25, 0.3) is 0 Å². The summed E-state index contributed by atoms with van der Waals surface area (Å²) in [6.45, 7) is 0. The number of aromatic carboxylic acids is 1. The highest BCUT2D eigenvalue weighted by Gasteiger charge is 2.11. The molecule has 74 valence electrons. The van der Waals surface area contributed by atoms with Crippen molar-refractivity contribution in [1.29, 1.82) is 0 Å². The minimum atomic E-state index is -0.955. The number of hydrogen-bond donors (Lipinski definition) is 2. The van der Waals surface area contributed by atoms with Gasteiger partial charge in [-0.3, -0.25) is 0 Å². The molecule has 14 heavy (non-hydrogen) atoms. The average molecular weight is 194 g/mol. The van der Waals surface area contributed by atoms with Gasteiger partial charge in [-0.1, -0.05) is 12.1 Å². The first-order valence-corrected chi connectivity index (χ1v) is 4.16. The van der Waals surface area contributed by atoms with Crippen molar-refractivity contribution in [3.05, 3.63) is 35.4 Å². The number of carboxylic acid groups (broad SMARTS) is 1. The van der Waals surface area contributed by atoms with E-state index in [1.54, 1.807) is 12.1 Å². The van der Waals surface area contributed by atoms with Gasteiger partial charge in [0.2, 0.25) is 0 Å². The van der Waals surface area contributed by atoms with Gasteiger partial charge >= 0.3 is 13.1 Å². The number of carboxylic acids is 1. The first-order valence-electron chi connectivity index (χ1n) is 4.16. The summed E-state index contributed by atoms with van der Waals surface area (Å²) in [4.78, 5) is 10.5. The van der Waals surface area contributed by atoms with Crippen LogP contribution in [-0.2, 0) is 11.0 Å². The molecule has 0 fully saturated rings. The molecule has 4 nitrogen and oxygen atoms in total. The molecule has 0 heterocycles. The largest absolute Gasteiger partial charge is 0.478 e. The summed E-state index contributed by atoms with van der Waals surface area (Å²) in [5.74, 6) is -0.955. The van der Waals surface area contributed by atoms with Crippen LogP contribution in [0.25, 0.3) is 0 Å². The molecule has 0 unspecified atom stereocenters. The fraction of sp³-hybridized carbons (Fsp3) is 0.222. The summed E-state index contributed by atoms with van der Waals surface area (Å²) in [6.07, 6.45) is 0.358. The first kappa shape index (κ1) is 10.8. The zero-order valence-electron chi connectivity index (χ0n) is 7.80. The molecule has 0 aliphatic rings. The monoisotopic (exact) mass is 194 g/mol. The van der Waals surface area contributed by atoms with E-state index >= 15 is 0 Å². The van der Waals surface area contributed by atoms with Gasteiger partial charge in [0.15, 0.2) is 0 Å². The van der Waals surface area contributed by atoms with E-state index in [9.17, 15) is 4.79 Å². The molecule has 0 bridgehead atoms. The molecular weight excluding hydrogens is 183 g/mol. The van der Waals surface area contributed by atoms with E-state index in [1.165, 1.54) is 19.2 Å². The zero-order valence-corrected chi connectivity index (χ0v) is 7.80. The molecule has 1 aromatic carbocycles. The van der Waals surface area contributed by atoms with Crippen LogP contribution in [0.15, 0.2) is 24.3 Å². The molecule has 2 N–H and O–H groups in total. The molecule has 5 heteroatoms. The molecule has 0 spiro atoms. The van der Waals surface area contributed by atoms with Crippen LogP contribution in [0.3, 0.4) is 0 Å². The van der Waals surface area contributed by atoms with E-state index in [1.807, 2.05) is 0 Å². The topological polar surface area (TPSA) is 66.8 Å². The van der Waals surface area contributed by atoms with Crippen LogP contribution in [0.5, 0.6) is 0 Å². The average Bonchev–Trinajstić information content (AvgIpc) is 2.18. The molecular formula is C9H11BO4. The Morgan fingerprint density at radius 3 is 2.43 bits per heavy atom. The van der Waals surface area contributed by atoms with Gasteiger partial charge in [-0.2, -0.15) is 0 Å². The second-order valence-electron chi connectivity index (χ2n) is 2.90. The molecule has 0 aliphatic carbocycles. The van der Waals surface area contributed by atoms with Gasteiger partial charge in [-0.15, -0.1) is 0 Å². The zero-order chi connectivity index (χ0) is 10.6. The Kier molecular flexibility index (Phi) is 3.68. The molecule has 0 saturated heterocycles. The Bertz CT molecular complexity index is 309. The third-order valence-corrected chi connectivity index (χ3v) is 1.88. The van der Waals surface area contributed by atoms with Gasteiger partial charge in [0, 0.05) is 13.4 Å². The van der Waals surface area contributed by atoms with Crippen molar-refractivity contribution < 1.29 is 19.6 Å². The van der Waals surface area contributed by atoms with Crippen molar-refractivity contribution in [2.75, 3.05) is 7.11 Å². The maximum atomic E-state index is 10.5. The third-order valence-electron chi connectivity index (χ3n) is 1.88. The summed E-state index contributed by atoms with van der Waals surface area (Å²) in [6, 6.07) is 6.32. The smallest absolute Gasteiger partial charge is 0.458 e. The van der Waals surface area contributed by atoms with Crippen LogP contribution in [0, 0.1) is 0 Å². The lowest BCUT2D eigenvalue weighted by Crippen LogP contribution is -2.19. The Hall–Kier alpha value is -1.33. The molecule has 1 aromatic rings. The first-order chi connectivity index (χ1) is 6.63. The van der Waals surface area contributed by atoms with Crippen LogP contribution < -0.4 is 0 Å². The minimum absolute atomic E-state index is 0.237. The highest BCUT2D eigenvalue weighted by molar-refractivity contribution is 6.42. The number of hydrogen-bond acceptors (Lipinski definition) is 3. The van der Waals surface area contributed by atoms with E-state index < -0.39 is 13.1 Å². The molecule has 0 saturated carbocycles. The van der Waals surface area contributed by atoms with Crippen molar-refractivity contribution in [1.82, 2.24) is 0 Å². The molecule has 0 radical (unpaired) electrons. The fourth-order valence-electron chi connectivity index (χ4n) is 1.07. The number of rotatable bonds is 4. The van der Waals surface area contributed by atoms with Crippen LogP contribution in [0.1, 0.15) is 15.9 Å².